The van der Waals surface area contributed by atoms with E-state index in [1.807, 2.05) is 6.92 Å². The van der Waals surface area contributed by atoms with Gasteiger partial charge in [-0.1, -0.05) is 12.7 Å². The fraction of sp³-hybridized carbons (Fsp3) is 0.600. The first kappa shape index (κ1) is 18.9. The molecule has 26 heavy (non-hydrogen) atoms. The molecule has 2 fully saturated rings. The number of fused-ring (bicyclic) bond motifs is 2. The lowest BCUT2D eigenvalue weighted by Crippen LogP contribution is -2.37. The normalized spacial score (nSPS) is 42.1. The molecule has 0 radical (unpaired) electrons. The Labute approximate surface area is 153 Å². The predicted octanol–water partition coefficient (Wildman–Crippen LogP) is 2.22. The summed E-state index contributed by atoms with van der Waals surface area (Å²) in [7, 11) is 0. The lowest BCUT2D eigenvalue weighted by Gasteiger charge is -2.29. The van der Waals surface area contributed by atoms with Crippen molar-refractivity contribution in [3.8, 4) is 0 Å². The minimum atomic E-state index is -0.667. The molecule has 2 heterocycles. The number of esters is 2. The molecule has 0 aromatic rings. The molecule has 3 rings (SSSR count). The topological polar surface area (TPSA) is 85.4 Å². The van der Waals surface area contributed by atoms with E-state index in [0.29, 0.717) is 24.0 Å². The molecule has 6 nitrogen and oxygen atoms in total. The fourth-order valence-corrected chi connectivity index (χ4v) is 3.70. The van der Waals surface area contributed by atoms with Crippen LogP contribution in [0.15, 0.2) is 35.5 Å². The van der Waals surface area contributed by atoms with Crippen LogP contribution in [0.25, 0.3) is 0 Å². The van der Waals surface area contributed by atoms with Gasteiger partial charge in [0.25, 0.3) is 0 Å². The van der Waals surface area contributed by atoms with E-state index in [0.717, 1.165) is 0 Å². The molecule has 1 N–H and O–H groups in total. The largest absolute Gasteiger partial charge is 0.458 e. The van der Waals surface area contributed by atoms with Crippen LogP contribution in [0.5, 0.6) is 0 Å². The first-order chi connectivity index (χ1) is 12.2. The molecule has 2 saturated heterocycles. The highest BCUT2D eigenvalue weighted by Crippen LogP contribution is 2.47. The standard InChI is InChI=1S/C20H26O6/c1-6-10(2)18(22)25-15-9-20(5)16(26-20)8-13(21)11(3)7-14-17(15)12(4)19(23)24-14/h6-7,13-17,21H,4,8-9H2,1-3,5H3/b10-6-,11-7-/t13-,14-,15+,16+,17-,20-/m0/s1. The van der Waals surface area contributed by atoms with Crippen LogP contribution in [0.2, 0.25) is 0 Å². The van der Waals surface area contributed by atoms with Gasteiger partial charge in [0.1, 0.15) is 12.2 Å². The summed E-state index contributed by atoms with van der Waals surface area (Å²) in [5, 5.41) is 10.4. The van der Waals surface area contributed by atoms with Gasteiger partial charge in [0.15, 0.2) is 0 Å². The minimum Gasteiger partial charge on any atom is -0.458 e. The van der Waals surface area contributed by atoms with Gasteiger partial charge in [0.2, 0.25) is 0 Å². The molecule has 0 unspecified atom stereocenters. The van der Waals surface area contributed by atoms with Crippen LogP contribution < -0.4 is 0 Å². The van der Waals surface area contributed by atoms with Crippen molar-refractivity contribution < 1.29 is 28.9 Å². The van der Waals surface area contributed by atoms with E-state index >= 15 is 0 Å². The molecule has 6 heteroatoms. The zero-order valence-corrected chi connectivity index (χ0v) is 15.7. The van der Waals surface area contributed by atoms with Gasteiger partial charge >= 0.3 is 11.9 Å². The van der Waals surface area contributed by atoms with Crippen LogP contribution in [-0.2, 0) is 23.8 Å². The number of ether oxygens (including phenoxy) is 3. The minimum absolute atomic E-state index is 0.118. The highest BCUT2D eigenvalue weighted by atomic mass is 16.6. The average Bonchev–Trinajstić information content (AvgIpc) is 3.11. The van der Waals surface area contributed by atoms with E-state index in [2.05, 4.69) is 6.58 Å². The number of aliphatic hydroxyl groups excluding tert-OH is 1. The first-order valence-electron chi connectivity index (χ1n) is 8.94. The molecule has 0 aromatic carbocycles. The second-order valence-corrected chi connectivity index (χ2v) is 7.62. The number of rotatable bonds is 2. The molecule has 142 valence electrons. The number of allylic oxidation sites excluding steroid dienone is 1. The number of hydrogen-bond acceptors (Lipinski definition) is 6. The molecule has 0 amide bonds. The SMILES string of the molecule is C=C1C(=O)O[C@H]2/C=C(/C)[C@@H](O)C[C@H]3O[C@@]3(C)C[C@@H](OC(=O)/C(C)=C\C)[C@@H]12. The third-order valence-corrected chi connectivity index (χ3v) is 5.71. The Balaban J connectivity index is 1.98. The zero-order valence-electron chi connectivity index (χ0n) is 15.7. The Morgan fingerprint density at radius 3 is 2.85 bits per heavy atom. The van der Waals surface area contributed by atoms with Crippen molar-refractivity contribution in [1.29, 1.82) is 0 Å². The second-order valence-electron chi connectivity index (χ2n) is 7.62. The third-order valence-electron chi connectivity index (χ3n) is 5.71. The summed E-state index contributed by atoms with van der Waals surface area (Å²) in [6, 6.07) is 0. The Morgan fingerprint density at radius 2 is 2.19 bits per heavy atom. The lowest BCUT2D eigenvalue weighted by molar-refractivity contribution is -0.148. The van der Waals surface area contributed by atoms with Gasteiger partial charge in [-0.25, -0.2) is 9.59 Å². The van der Waals surface area contributed by atoms with Crippen LogP contribution >= 0.6 is 0 Å². The van der Waals surface area contributed by atoms with Crippen LogP contribution in [0.1, 0.15) is 40.5 Å². The van der Waals surface area contributed by atoms with Gasteiger partial charge < -0.3 is 19.3 Å². The second kappa shape index (κ2) is 6.67. The van der Waals surface area contributed by atoms with Crippen molar-refractivity contribution in [1.82, 2.24) is 0 Å². The number of hydrogen-bond donors (Lipinski definition) is 1. The Bertz CT molecular complexity index is 705. The molecule has 0 saturated carbocycles. The summed E-state index contributed by atoms with van der Waals surface area (Å²) in [5.74, 6) is -1.43. The number of carbonyl (C=O) groups is 2. The number of carbonyl (C=O) groups excluding carboxylic acids is 2. The zero-order chi connectivity index (χ0) is 19.2. The predicted molar refractivity (Wildman–Crippen MR) is 94.1 cm³/mol. The van der Waals surface area contributed by atoms with Crippen LogP contribution in [-0.4, -0.2) is 47.1 Å². The number of epoxide rings is 1. The molecule has 0 bridgehead atoms. The summed E-state index contributed by atoms with van der Waals surface area (Å²) >= 11 is 0. The van der Waals surface area contributed by atoms with E-state index in [-0.39, 0.29) is 11.7 Å². The quantitative estimate of drug-likeness (QED) is 0.351. The summed E-state index contributed by atoms with van der Waals surface area (Å²) in [5.41, 5.74) is 0.974. The molecule has 0 spiro atoms. The van der Waals surface area contributed by atoms with Crippen molar-refractivity contribution in [2.24, 2.45) is 5.92 Å². The Kier molecular flexibility index (Phi) is 4.84. The van der Waals surface area contributed by atoms with Gasteiger partial charge in [-0.3, -0.25) is 0 Å². The van der Waals surface area contributed by atoms with E-state index in [4.69, 9.17) is 14.2 Å². The van der Waals surface area contributed by atoms with Crippen LogP contribution in [0.4, 0.5) is 0 Å². The summed E-state index contributed by atoms with van der Waals surface area (Å²) in [6.45, 7) is 11.0. The van der Waals surface area contributed by atoms with Crippen molar-refractivity contribution in [2.45, 2.75) is 70.6 Å². The molecule has 6 atom stereocenters. The maximum Gasteiger partial charge on any atom is 0.334 e. The van der Waals surface area contributed by atoms with E-state index in [1.54, 1.807) is 32.9 Å². The van der Waals surface area contributed by atoms with Gasteiger partial charge in [-0.2, -0.15) is 0 Å². The van der Waals surface area contributed by atoms with Gasteiger partial charge in [-0.15, -0.1) is 0 Å². The molecule has 3 aliphatic rings. The van der Waals surface area contributed by atoms with Gasteiger partial charge in [-0.05, 0) is 39.3 Å². The fourth-order valence-electron chi connectivity index (χ4n) is 3.70. The maximum atomic E-state index is 12.4. The van der Waals surface area contributed by atoms with Crippen molar-refractivity contribution >= 4 is 11.9 Å². The van der Waals surface area contributed by atoms with Crippen molar-refractivity contribution in [2.75, 3.05) is 0 Å². The molecule has 1 aliphatic carbocycles. The maximum absolute atomic E-state index is 12.4. The van der Waals surface area contributed by atoms with Crippen LogP contribution in [0.3, 0.4) is 0 Å². The van der Waals surface area contributed by atoms with E-state index < -0.39 is 41.8 Å². The summed E-state index contributed by atoms with van der Waals surface area (Å²) in [4.78, 5) is 24.5. The van der Waals surface area contributed by atoms with E-state index in [1.165, 1.54) is 0 Å². The first-order valence-corrected chi connectivity index (χ1v) is 8.94. The van der Waals surface area contributed by atoms with Crippen molar-refractivity contribution in [3.63, 3.8) is 0 Å². The Morgan fingerprint density at radius 1 is 1.50 bits per heavy atom. The van der Waals surface area contributed by atoms with Crippen LogP contribution in [0, 0.1) is 5.92 Å². The van der Waals surface area contributed by atoms with E-state index in [9.17, 15) is 14.7 Å². The molecular weight excluding hydrogens is 336 g/mol. The highest BCUT2D eigenvalue weighted by molar-refractivity contribution is 5.92. The number of aliphatic hydroxyl groups is 1. The molecule has 0 aromatic heterocycles. The average molecular weight is 362 g/mol. The molecule has 2 aliphatic heterocycles. The Hall–Kier alpha value is -1.92. The molecular formula is C20H26O6. The summed E-state index contributed by atoms with van der Waals surface area (Å²) < 4.78 is 17.0. The summed E-state index contributed by atoms with van der Waals surface area (Å²) in [6.07, 6.45) is 2.29. The highest BCUT2D eigenvalue weighted by Gasteiger charge is 2.57. The smallest absolute Gasteiger partial charge is 0.334 e. The monoisotopic (exact) mass is 362 g/mol. The lowest BCUT2D eigenvalue weighted by atomic mass is 9.82. The van der Waals surface area contributed by atoms with Gasteiger partial charge in [0.05, 0.1) is 23.7 Å². The third kappa shape index (κ3) is 3.35. The van der Waals surface area contributed by atoms with Gasteiger partial charge in [0, 0.05) is 24.0 Å². The van der Waals surface area contributed by atoms with Crippen molar-refractivity contribution in [3.05, 3.63) is 35.5 Å².